The molecule has 0 aliphatic heterocycles. The van der Waals surface area contributed by atoms with E-state index in [1.165, 1.54) is 12.7 Å². The van der Waals surface area contributed by atoms with Crippen molar-refractivity contribution in [1.29, 1.82) is 0 Å². The molecule has 11 heavy (non-hydrogen) atoms. The van der Waals surface area contributed by atoms with Crippen molar-refractivity contribution in [3.8, 4) is 0 Å². The predicted molar refractivity (Wildman–Crippen MR) is 35.1 cm³/mol. The molecule has 0 spiro atoms. The topological polar surface area (TPSA) is 54.0 Å². The van der Waals surface area contributed by atoms with E-state index >= 15 is 0 Å². The quantitative estimate of drug-likeness (QED) is 0.637. The Hall–Kier alpha value is -0.697. The summed E-state index contributed by atoms with van der Waals surface area (Å²) in [6, 6.07) is 0. The molecule has 0 aliphatic rings. The second-order valence-electron chi connectivity index (χ2n) is 1.42. The molecule has 0 radical (unpaired) electrons. The molecular weight excluding hydrogens is 219 g/mol. The fraction of sp³-hybridized carbons (Fsp3) is 0. The number of hydrogen-bond acceptors (Lipinski definition) is 2. The third kappa shape index (κ3) is 5.73. The molecule has 54 valence electrons. The Morgan fingerprint density at radius 3 is 1.36 bits per heavy atom. The van der Waals surface area contributed by atoms with Crippen LogP contribution in [0.2, 0.25) is 0 Å². The van der Waals surface area contributed by atoms with Gasteiger partial charge in [0.2, 0.25) is 0 Å². The number of aromatic nitrogens is 4. The molecule has 0 saturated carbocycles. The molecule has 0 aliphatic carbocycles. The van der Waals surface area contributed by atoms with Crippen LogP contribution in [0.15, 0.2) is 37.4 Å². The minimum atomic E-state index is 0. The number of nitrogens with zero attached hydrogens (tertiary/aromatic N) is 4. The Labute approximate surface area is 83.6 Å². The molecule has 2 aromatic heterocycles. The van der Waals surface area contributed by atoms with Crippen molar-refractivity contribution in [1.82, 2.24) is 19.9 Å². The van der Waals surface area contributed by atoms with E-state index in [2.05, 4.69) is 19.9 Å². The summed E-state index contributed by atoms with van der Waals surface area (Å²) in [6.45, 7) is 0. The largest absolute Gasteiger partial charge is 2.00 e. The van der Waals surface area contributed by atoms with Crippen molar-refractivity contribution < 1.29 is 26.2 Å². The monoisotopic (exact) mass is 224 g/mol. The molecule has 4 nitrogen and oxygen atoms in total. The van der Waals surface area contributed by atoms with Crippen molar-refractivity contribution in [3.63, 3.8) is 0 Å². The normalized spacial score (nSPS) is 7.27. The summed E-state index contributed by atoms with van der Waals surface area (Å²) in [5.41, 5.74) is 0. The van der Waals surface area contributed by atoms with Crippen LogP contribution in [0.1, 0.15) is 0 Å². The Bertz CT molecular complexity index is 154. The van der Waals surface area contributed by atoms with Crippen molar-refractivity contribution in [2.24, 2.45) is 0 Å². The fourth-order valence-corrected chi connectivity index (χ4v) is 0.385. The summed E-state index contributed by atoms with van der Waals surface area (Å²) >= 11 is 0. The smallest absolute Gasteiger partial charge is 0.450 e. The van der Waals surface area contributed by atoms with Crippen LogP contribution in [0.5, 0.6) is 0 Å². The van der Waals surface area contributed by atoms with Gasteiger partial charge >= 0.3 is 26.2 Å². The number of imidazole rings is 2. The first kappa shape index (κ1) is 10.3. The first-order chi connectivity index (χ1) is 5.00. The van der Waals surface area contributed by atoms with Crippen LogP contribution in [0.4, 0.5) is 0 Å². The van der Waals surface area contributed by atoms with Gasteiger partial charge in [0.05, 0.1) is 0 Å². The molecule has 2 rings (SSSR count). The zero-order valence-electron chi connectivity index (χ0n) is 5.75. The predicted octanol–water partition coefficient (Wildman–Crippen LogP) is 0.0751. The molecule has 2 heterocycles. The minimum Gasteiger partial charge on any atom is -0.450 e. The number of hydrogen-bond donors (Lipinski definition) is 0. The van der Waals surface area contributed by atoms with Gasteiger partial charge in [-0.1, -0.05) is 37.4 Å². The second kappa shape index (κ2) is 7.41. The first-order valence-corrected chi connectivity index (χ1v) is 2.73. The summed E-state index contributed by atoms with van der Waals surface area (Å²) in [6.07, 6.45) is 9.56. The van der Waals surface area contributed by atoms with Gasteiger partial charge in [-0.2, -0.15) is 0 Å². The van der Waals surface area contributed by atoms with Crippen molar-refractivity contribution in [3.05, 3.63) is 37.4 Å². The average molecular weight is 225 g/mol. The fourth-order valence-electron chi connectivity index (χ4n) is 0.385. The van der Waals surface area contributed by atoms with Crippen molar-refractivity contribution >= 4 is 0 Å². The molecule has 0 unspecified atom stereocenters. The maximum absolute atomic E-state index is 3.61. The van der Waals surface area contributed by atoms with Gasteiger partial charge in [0.25, 0.3) is 0 Å². The summed E-state index contributed by atoms with van der Waals surface area (Å²) in [4.78, 5) is 14.4. The van der Waals surface area contributed by atoms with Crippen LogP contribution in [0, 0.1) is 0 Å². The molecule has 0 aromatic carbocycles. The summed E-state index contributed by atoms with van der Waals surface area (Å²) in [7, 11) is 0. The SMILES string of the molecule is [Zr+2].c1c[n-]cn1.c1c[n-]cn1. The summed E-state index contributed by atoms with van der Waals surface area (Å²) in [5.74, 6) is 0. The van der Waals surface area contributed by atoms with Crippen LogP contribution in [-0.4, -0.2) is 9.97 Å². The zero-order chi connectivity index (χ0) is 7.07. The zero-order valence-corrected chi connectivity index (χ0v) is 8.21. The molecule has 0 fully saturated rings. The molecule has 0 N–H and O–H groups in total. The Morgan fingerprint density at radius 2 is 1.27 bits per heavy atom. The summed E-state index contributed by atoms with van der Waals surface area (Å²) in [5, 5.41) is 0. The van der Waals surface area contributed by atoms with E-state index in [0.717, 1.165) is 0 Å². The third-order valence-corrected chi connectivity index (χ3v) is 0.744. The Kier molecular flexibility index (Phi) is 6.94. The number of rotatable bonds is 0. The van der Waals surface area contributed by atoms with Gasteiger partial charge in [0.15, 0.2) is 0 Å². The van der Waals surface area contributed by atoms with Gasteiger partial charge in [0.1, 0.15) is 0 Å². The molecular formula is C6H6N4Zr. The van der Waals surface area contributed by atoms with E-state index < -0.39 is 0 Å². The standard InChI is InChI=1S/2C3H3N2.Zr/c2*1-2-5-3-4-1;/h2*1-3H;/q2*-1;+2. The maximum Gasteiger partial charge on any atom is 2.00 e. The van der Waals surface area contributed by atoms with E-state index in [1.807, 2.05) is 0 Å². The van der Waals surface area contributed by atoms with Gasteiger partial charge in [-0.3, -0.25) is 0 Å². The molecule has 5 heteroatoms. The van der Waals surface area contributed by atoms with Crippen LogP contribution in [-0.2, 0) is 26.2 Å². The molecule has 0 atom stereocenters. The van der Waals surface area contributed by atoms with Gasteiger partial charge in [-0.25, -0.2) is 0 Å². The van der Waals surface area contributed by atoms with Crippen molar-refractivity contribution in [2.75, 3.05) is 0 Å². The van der Waals surface area contributed by atoms with Crippen LogP contribution in [0.3, 0.4) is 0 Å². The van der Waals surface area contributed by atoms with Gasteiger partial charge in [-0.15, -0.1) is 0 Å². The molecule has 2 aromatic rings. The molecule has 0 saturated heterocycles. The Balaban J connectivity index is 0.000000167. The average Bonchev–Trinajstić information content (AvgIpc) is 2.67. The first-order valence-electron chi connectivity index (χ1n) is 2.73. The maximum atomic E-state index is 3.61. The van der Waals surface area contributed by atoms with Crippen LogP contribution < -0.4 is 9.97 Å². The van der Waals surface area contributed by atoms with Crippen molar-refractivity contribution in [2.45, 2.75) is 0 Å². The van der Waals surface area contributed by atoms with Crippen LogP contribution >= 0.6 is 0 Å². The van der Waals surface area contributed by atoms with E-state index in [9.17, 15) is 0 Å². The van der Waals surface area contributed by atoms with E-state index in [0.29, 0.717) is 0 Å². The molecule has 0 bridgehead atoms. The Morgan fingerprint density at radius 1 is 0.818 bits per heavy atom. The van der Waals surface area contributed by atoms with Gasteiger partial charge in [0, 0.05) is 0 Å². The van der Waals surface area contributed by atoms with Gasteiger partial charge in [-0.05, 0) is 0 Å². The van der Waals surface area contributed by atoms with Crippen LogP contribution in [0.25, 0.3) is 0 Å². The van der Waals surface area contributed by atoms with E-state index in [4.69, 9.17) is 0 Å². The van der Waals surface area contributed by atoms with Gasteiger partial charge < -0.3 is 19.9 Å². The van der Waals surface area contributed by atoms with E-state index in [1.54, 1.807) is 24.8 Å². The third-order valence-electron chi connectivity index (χ3n) is 0.744. The minimum absolute atomic E-state index is 0. The second-order valence-corrected chi connectivity index (χ2v) is 1.42. The summed E-state index contributed by atoms with van der Waals surface area (Å²) < 4.78 is 0. The molecule has 0 amide bonds. The van der Waals surface area contributed by atoms with E-state index in [-0.39, 0.29) is 26.2 Å².